The fourth-order valence-electron chi connectivity index (χ4n) is 0.166. The number of rotatable bonds is 1. The maximum absolute atomic E-state index is 9.99. The fraction of sp³-hybridized carbons (Fsp3) is 0.250. The molecule has 0 rings (SSSR count). The van der Waals surface area contributed by atoms with Gasteiger partial charge in [0.2, 0.25) is 0 Å². The first-order chi connectivity index (χ1) is 3.66. The molecule has 0 aliphatic carbocycles. The Morgan fingerprint density at radius 2 is 2.25 bits per heavy atom. The summed E-state index contributed by atoms with van der Waals surface area (Å²) >= 11 is 0. The lowest BCUT2D eigenvalue weighted by Crippen LogP contribution is -2.10. The van der Waals surface area contributed by atoms with E-state index in [4.69, 9.17) is 0 Å². The van der Waals surface area contributed by atoms with E-state index in [9.17, 15) is 4.79 Å². The second-order valence-corrected chi connectivity index (χ2v) is 1.17. The summed E-state index contributed by atoms with van der Waals surface area (Å²) in [5, 5.41) is 0. The van der Waals surface area contributed by atoms with Gasteiger partial charge in [0, 0.05) is 0 Å². The van der Waals surface area contributed by atoms with Crippen molar-refractivity contribution in [1.82, 2.24) is 0 Å². The molecule has 0 aliphatic rings. The van der Waals surface area contributed by atoms with Crippen LogP contribution in [0.15, 0.2) is 12.3 Å². The molecule has 0 saturated heterocycles. The van der Waals surface area contributed by atoms with Crippen LogP contribution in [-0.2, 0) is 9.57 Å². The van der Waals surface area contributed by atoms with E-state index in [0.717, 1.165) is 0 Å². The Bertz CT molecular complexity index is 110. The first-order valence-electron chi connectivity index (χ1n) is 1.91. The predicted octanol–water partition coefficient (Wildman–Crippen LogP) is 0.547. The third kappa shape index (κ3) is 3.17. The molecule has 0 aromatic heterocycles. The van der Waals surface area contributed by atoms with E-state index in [1.807, 2.05) is 0 Å². The number of hydrogen-bond donors (Lipinski definition) is 1. The molecule has 0 atom stereocenters. The quantitative estimate of drug-likeness (QED) is 0.309. The van der Waals surface area contributed by atoms with Gasteiger partial charge in [0.25, 0.3) is 0 Å². The monoisotopic (exact) mass is 117 g/mol. The summed E-state index contributed by atoms with van der Waals surface area (Å²) < 4.78 is 4.22. The Balaban J connectivity index is 3.40. The van der Waals surface area contributed by atoms with Crippen LogP contribution in [0.4, 0.5) is 4.79 Å². The van der Waals surface area contributed by atoms with Crippen molar-refractivity contribution in [2.45, 2.75) is 6.92 Å². The normalized spacial score (nSPS) is 7.75. The molecule has 0 radical (unpaired) electrons. The predicted molar refractivity (Wildman–Crippen MR) is 26.6 cm³/mol. The minimum absolute atomic E-state index is 0.250. The Hall–Kier alpha value is -1.03. The molecular formula is C4H7NO3. The van der Waals surface area contributed by atoms with Gasteiger partial charge in [-0.25, -0.2) is 4.79 Å². The van der Waals surface area contributed by atoms with Crippen molar-refractivity contribution in [1.29, 1.82) is 0 Å². The lowest BCUT2D eigenvalue weighted by Gasteiger charge is -1.96. The smallest absolute Gasteiger partial charge is 0.399 e. The molecule has 0 fully saturated rings. The van der Waals surface area contributed by atoms with Crippen LogP contribution in [0.25, 0.3) is 0 Å². The first kappa shape index (κ1) is 6.97. The summed E-state index contributed by atoms with van der Waals surface area (Å²) in [6.45, 7) is 4.78. The highest BCUT2D eigenvalue weighted by Gasteiger charge is 1.98. The third-order valence-corrected chi connectivity index (χ3v) is 0.354. The van der Waals surface area contributed by atoms with Crippen molar-refractivity contribution in [3.05, 3.63) is 12.3 Å². The van der Waals surface area contributed by atoms with Crippen LogP contribution in [0.3, 0.4) is 0 Å². The molecule has 0 amide bonds. The summed E-state index contributed by atoms with van der Waals surface area (Å²) in [5.41, 5.74) is 0. The van der Waals surface area contributed by atoms with Gasteiger partial charge in [0.1, 0.15) is 5.76 Å². The topological polar surface area (TPSA) is 61.5 Å². The highest BCUT2D eigenvalue weighted by molar-refractivity contribution is 5.60. The molecule has 0 saturated carbocycles. The fourth-order valence-corrected chi connectivity index (χ4v) is 0.166. The van der Waals surface area contributed by atoms with Gasteiger partial charge in [-0.3, -0.25) is 0 Å². The minimum Gasteiger partial charge on any atom is -0.399 e. The Kier molecular flexibility index (Phi) is 2.64. The van der Waals surface area contributed by atoms with E-state index in [-0.39, 0.29) is 5.76 Å². The molecular weight excluding hydrogens is 110 g/mol. The van der Waals surface area contributed by atoms with Gasteiger partial charge in [-0.15, -0.1) is 0 Å². The number of carbonyl (C=O) groups excluding carboxylic acids is 1. The van der Waals surface area contributed by atoms with Crippen molar-refractivity contribution in [2.24, 2.45) is 5.90 Å². The standard InChI is InChI=1S/C4H7NO3/c1-3(2)7-4(6)8-5/h1,5H2,2H3. The molecule has 4 nitrogen and oxygen atoms in total. The summed E-state index contributed by atoms with van der Waals surface area (Å²) in [7, 11) is 0. The largest absolute Gasteiger partial charge is 0.532 e. The molecule has 0 unspecified atom stereocenters. The highest BCUT2D eigenvalue weighted by Crippen LogP contribution is 1.90. The van der Waals surface area contributed by atoms with Crippen molar-refractivity contribution >= 4 is 6.16 Å². The lowest BCUT2D eigenvalue weighted by atomic mass is 10.7. The lowest BCUT2D eigenvalue weighted by molar-refractivity contribution is 0.0780. The van der Waals surface area contributed by atoms with E-state index in [1.165, 1.54) is 6.92 Å². The Morgan fingerprint density at radius 1 is 1.75 bits per heavy atom. The van der Waals surface area contributed by atoms with Gasteiger partial charge in [-0.2, -0.15) is 5.90 Å². The van der Waals surface area contributed by atoms with Crippen LogP contribution >= 0.6 is 0 Å². The van der Waals surface area contributed by atoms with Crippen LogP contribution < -0.4 is 5.90 Å². The SMILES string of the molecule is C=C(C)OC(=O)ON. The second kappa shape index (κ2) is 3.04. The maximum atomic E-state index is 9.99. The van der Waals surface area contributed by atoms with Crippen LogP contribution in [0.2, 0.25) is 0 Å². The van der Waals surface area contributed by atoms with Gasteiger partial charge in [-0.1, -0.05) is 6.58 Å². The van der Waals surface area contributed by atoms with E-state index in [0.29, 0.717) is 0 Å². The zero-order valence-corrected chi connectivity index (χ0v) is 4.51. The van der Waals surface area contributed by atoms with Crippen LogP contribution in [0, 0.1) is 0 Å². The molecule has 0 aromatic carbocycles. The third-order valence-electron chi connectivity index (χ3n) is 0.354. The Labute approximate surface area is 46.8 Å². The molecule has 0 aliphatic heterocycles. The van der Waals surface area contributed by atoms with Gasteiger partial charge < -0.3 is 9.57 Å². The van der Waals surface area contributed by atoms with E-state index >= 15 is 0 Å². The maximum Gasteiger partial charge on any atom is 0.532 e. The molecule has 0 bridgehead atoms. The first-order valence-corrected chi connectivity index (χ1v) is 1.91. The highest BCUT2D eigenvalue weighted by atomic mass is 16.8. The van der Waals surface area contributed by atoms with E-state index < -0.39 is 6.16 Å². The molecule has 2 N–H and O–H groups in total. The van der Waals surface area contributed by atoms with Crippen molar-refractivity contribution in [3.63, 3.8) is 0 Å². The number of carbonyl (C=O) groups is 1. The summed E-state index contributed by atoms with van der Waals surface area (Å²) in [4.78, 5) is 13.6. The molecule has 46 valence electrons. The second-order valence-electron chi connectivity index (χ2n) is 1.17. The zero-order valence-electron chi connectivity index (χ0n) is 4.51. The average Bonchev–Trinajstić information content (AvgIpc) is 1.65. The zero-order chi connectivity index (χ0) is 6.57. The minimum atomic E-state index is -0.947. The van der Waals surface area contributed by atoms with Crippen molar-refractivity contribution in [2.75, 3.05) is 0 Å². The van der Waals surface area contributed by atoms with Gasteiger partial charge in [0.05, 0.1) is 0 Å². The summed E-state index contributed by atoms with van der Waals surface area (Å²) in [6.07, 6.45) is -0.947. The molecule has 8 heavy (non-hydrogen) atoms. The number of allylic oxidation sites excluding steroid dienone is 1. The van der Waals surface area contributed by atoms with E-state index in [2.05, 4.69) is 22.1 Å². The summed E-state index contributed by atoms with van der Waals surface area (Å²) in [6, 6.07) is 0. The number of ether oxygens (including phenoxy) is 1. The number of hydrogen-bond acceptors (Lipinski definition) is 4. The molecule has 4 heteroatoms. The van der Waals surface area contributed by atoms with Crippen LogP contribution in [-0.4, -0.2) is 6.16 Å². The van der Waals surface area contributed by atoms with Crippen molar-refractivity contribution in [3.8, 4) is 0 Å². The van der Waals surface area contributed by atoms with Gasteiger partial charge in [0.15, 0.2) is 0 Å². The van der Waals surface area contributed by atoms with Crippen LogP contribution in [0.5, 0.6) is 0 Å². The van der Waals surface area contributed by atoms with Crippen LogP contribution in [0.1, 0.15) is 6.92 Å². The van der Waals surface area contributed by atoms with Gasteiger partial charge >= 0.3 is 6.16 Å². The summed E-state index contributed by atoms with van der Waals surface area (Å²) in [5.74, 6) is 4.66. The Morgan fingerprint density at radius 3 is 2.38 bits per heavy atom. The van der Waals surface area contributed by atoms with E-state index in [1.54, 1.807) is 0 Å². The molecule has 0 aromatic rings. The molecule has 0 heterocycles. The molecule has 0 spiro atoms. The van der Waals surface area contributed by atoms with Gasteiger partial charge in [-0.05, 0) is 6.92 Å². The average molecular weight is 117 g/mol. The number of nitrogens with two attached hydrogens (primary N) is 1. The van der Waals surface area contributed by atoms with Crippen molar-refractivity contribution < 1.29 is 14.4 Å².